The number of aliphatic hydroxyl groups is 3. The first-order valence-electron chi connectivity index (χ1n) is 25.4. The lowest BCUT2D eigenvalue weighted by molar-refractivity contribution is 0.0979. The molecular weight excluding hydrogens is 870 g/mol. The Morgan fingerprint density at radius 3 is 1.21 bits per heavy atom. The summed E-state index contributed by atoms with van der Waals surface area (Å²) in [6, 6.07) is 34.8. The Morgan fingerprint density at radius 1 is 0.456 bits per heavy atom. The van der Waals surface area contributed by atoms with Gasteiger partial charge in [0.05, 0.1) is 33.0 Å². The summed E-state index contributed by atoms with van der Waals surface area (Å²) in [6.45, 7) is 11.6. The van der Waals surface area contributed by atoms with Gasteiger partial charge in [-0.05, 0) is 138 Å². The fourth-order valence-corrected chi connectivity index (χ4v) is 7.08. The Labute approximate surface area is 418 Å². The number of hydrogen-bond donors (Lipinski definition) is 6. The van der Waals surface area contributed by atoms with Crippen molar-refractivity contribution >= 4 is 18.2 Å². The normalized spacial score (nSPS) is 13.5. The van der Waals surface area contributed by atoms with Gasteiger partial charge in [-0.15, -0.1) is 12.4 Å². The topological polar surface area (TPSA) is 174 Å². The van der Waals surface area contributed by atoms with E-state index >= 15 is 0 Å². The van der Waals surface area contributed by atoms with E-state index in [4.69, 9.17) is 36.9 Å². The molecule has 0 bridgehead atoms. The van der Waals surface area contributed by atoms with Gasteiger partial charge in [0.25, 0.3) is 0 Å². The van der Waals surface area contributed by atoms with Gasteiger partial charge >= 0.3 is 0 Å². The van der Waals surface area contributed by atoms with Crippen LogP contribution in [0, 0.1) is 0 Å². The van der Waals surface area contributed by atoms with E-state index in [2.05, 4.69) is 62.4 Å². The predicted octanol–water partition coefficient (Wildman–Crippen LogP) is 11.7. The van der Waals surface area contributed by atoms with Crippen molar-refractivity contribution < 1.29 is 29.6 Å². The number of nitrogens with two attached hydrogens (primary N) is 3. The Kier molecular flexibility index (Phi) is 33.1. The highest BCUT2D eigenvalue weighted by molar-refractivity contribution is 5.96. The number of rotatable bonds is 32. The third-order valence-corrected chi connectivity index (χ3v) is 12.2. The lowest BCUT2D eigenvalue weighted by Crippen LogP contribution is -2.40. The summed E-state index contributed by atoms with van der Waals surface area (Å²) in [6.07, 6.45) is 20.9. The molecular formula is C58H92ClN3O6. The first-order valence-corrected chi connectivity index (χ1v) is 25.4. The number of carbonyl (C=O) groups is 1. The van der Waals surface area contributed by atoms with Gasteiger partial charge in [0.2, 0.25) is 0 Å². The van der Waals surface area contributed by atoms with Crippen molar-refractivity contribution in [2.75, 3.05) is 33.0 Å². The van der Waals surface area contributed by atoms with Crippen LogP contribution in [0.4, 0.5) is 0 Å². The number of ketones is 1. The molecule has 0 aliphatic heterocycles. The van der Waals surface area contributed by atoms with Crippen LogP contribution >= 0.6 is 12.4 Å². The fourth-order valence-electron chi connectivity index (χ4n) is 7.08. The summed E-state index contributed by atoms with van der Waals surface area (Å²) >= 11 is 0. The van der Waals surface area contributed by atoms with Gasteiger partial charge in [0, 0.05) is 28.6 Å². The summed E-state index contributed by atoms with van der Waals surface area (Å²) in [5, 5.41) is 27.5. The number of carbonyl (C=O) groups excluding carboxylic acids is 1. The van der Waals surface area contributed by atoms with Crippen LogP contribution in [0.1, 0.15) is 170 Å². The number of hydrogen-bond acceptors (Lipinski definition) is 9. The number of Topliss-reactive ketones (excluding diaryl/α,β-unsaturated/α-hetero) is 1. The Hall–Kier alpha value is -3.80. The van der Waals surface area contributed by atoms with Crippen LogP contribution in [0.25, 0.3) is 0 Å². The zero-order valence-electron chi connectivity index (χ0n) is 42.7. The summed E-state index contributed by atoms with van der Waals surface area (Å²) in [5.74, 6) is 2.09. The molecule has 382 valence electrons. The monoisotopic (exact) mass is 962 g/mol. The SMILES string of the molecule is CC(N)(CO)CCc1ccc(OCCCCc2ccccc2)cc1.CCCCCCCC(=O)c1ccc(CCC(C)(N)CO)cc1.CCCCCCCOc1ccc(CCC(C)(N)CO)cc1.Cl. The van der Waals surface area contributed by atoms with Gasteiger partial charge in [-0.3, -0.25) is 4.79 Å². The summed E-state index contributed by atoms with van der Waals surface area (Å²) in [5.41, 5.74) is 22.1. The summed E-state index contributed by atoms with van der Waals surface area (Å²) < 4.78 is 11.5. The van der Waals surface area contributed by atoms with Crippen LogP contribution in [0.2, 0.25) is 0 Å². The number of unbranched alkanes of at least 4 members (excludes halogenated alkanes) is 9. The molecule has 0 saturated carbocycles. The van der Waals surface area contributed by atoms with E-state index in [0.717, 1.165) is 113 Å². The number of benzene rings is 4. The van der Waals surface area contributed by atoms with Crippen LogP contribution in [0.5, 0.6) is 11.5 Å². The molecule has 0 fully saturated rings. The standard InChI is InChI=1S/C21H29NO2.C19H31NO2.C18H31NO2.ClH/c1-21(22,17-23)15-14-19-10-12-20(13-11-19)24-16-6-5-9-18-7-3-2-4-8-18;1-3-4-5-6-7-8-18(22)17-11-9-16(10-12-17)13-14-19(2,20)15-21;1-3-4-5-6-7-14-21-17-10-8-16(9-11-17)12-13-18(2,19)15-20;/h2-4,7-8,10-13,23H,5-6,9,14-17,22H2,1H3;9-12,21H,3-8,13-15,20H2,1-2H3;8-11,20H,3-7,12-15,19H2,1-2H3;1H. The van der Waals surface area contributed by atoms with Crippen molar-refractivity contribution in [3.05, 3.63) is 131 Å². The quantitative estimate of drug-likeness (QED) is 0.0206. The maximum Gasteiger partial charge on any atom is 0.162 e. The molecule has 0 radical (unpaired) electrons. The largest absolute Gasteiger partial charge is 0.494 e. The van der Waals surface area contributed by atoms with E-state index in [-0.39, 0.29) is 38.0 Å². The molecule has 0 heterocycles. The minimum atomic E-state index is -0.535. The van der Waals surface area contributed by atoms with Gasteiger partial charge in [0.1, 0.15) is 11.5 Å². The molecule has 3 unspecified atom stereocenters. The molecule has 0 saturated heterocycles. The van der Waals surface area contributed by atoms with E-state index in [1.54, 1.807) is 0 Å². The zero-order chi connectivity index (χ0) is 49.2. The van der Waals surface area contributed by atoms with Crippen LogP contribution in [0.15, 0.2) is 103 Å². The minimum absolute atomic E-state index is 0. The number of aliphatic hydroxyl groups excluding tert-OH is 3. The molecule has 10 heteroatoms. The Balaban J connectivity index is 0.000000508. The van der Waals surface area contributed by atoms with E-state index in [1.807, 2.05) is 75.4 Å². The highest BCUT2D eigenvalue weighted by Gasteiger charge is 2.18. The lowest BCUT2D eigenvalue weighted by Gasteiger charge is -2.21. The van der Waals surface area contributed by atoms with Gasteiger partial charge in [-0.2, -0.15) is 0 Å². The number of halogens is 1. The number of ether oxygens (including phenoxy) is 2. The molecule has 9 nitrogen and oxygen atoms in total. The van der Waals surface area contributed by atoms with Crippen molar-refractivity contribution in [3.63, 3.8) is 0 Å². The second kappa shape index (κ2) is 36.2. The molecule has 0 aromatic heterocycles. The average molecular weight is 963 g/mol. The van der Waals surface area contributed by atoms with Gasteiger partial charge in [-0.1, -0.05) is 144 Å². The third-order valence-electron chi connectivity index (χ3n) is 12.2. The fraction of sp³-hybridized carbons (Fsp3) is 0.569. The van der Waals surface area contributed by atoms with Crippen molar-refractivity contribution in [2.45, 2.75) is 180 Å². The molecule has 0 spiro atoms. The van der Waals surface area contributed by atoms with Crippen molar-refractivity contribution in [1.29, 1.82) is 0 Å². The summed E-state index contributed by atoms with van der Waals surface area (Å²) in [4.78, 5) is 12.1. The Bertz CT molecular complexity index is 1820. The smallest absolute Gasteiger partial charge is 0.162 e. The van der Waals surface area contributed by atoms with Gasteiger partial charge in [0.15, 0.2) is 5.78 Å². The second-order valence-corrected chi connectivity index (χ2v) is 19.6. The number of aryl methyl sites for hydroxylation is 4. The van der Waals surface area contributed by atoms with Crippen LogP contribution in [-0.4, -0.2) is 70.8 Å². The highest BCUT2D eigenvalue weighted by atomic mass is 35.5. The molecule has 0 amide bonds. The van der Waals surface area contributed by atoms with E-state index in [9.17, 15) is 9.90 Å². The maximum atomic E-state index is 12.1. The maximum absolute atomic E-state index is 12.1. The zero-order valence-corrected chi connectivity index (χ0v) is 43.5. The average Bonchev–Trinajstić information content (AvgIpc) is 3.34. The first-order chi connectivity index (χ1) is 32.1. The lowest BCUT2D eigenvalue weighted by atomic mass is 9.94. The van der Waals surface area contributed by atoms with Crippen LogP contribution in [-0.2, 0) is 25.7 Å². The van der Waals surface area contributed by atoms with Crippen LogP contribution in [0.3, 0.4) is 0 Å². The van der Waals surface area contributed by atoms with E-state index in [1.165, 1.54) is 61.6 Å². The highest BCUT2D eigenvalue weighted by Crippen LogP contribution is 2.19. The molecule has 0 aliphatic rings. The molecule has 0 aliphatic carbocycles. The third kappa shape index (κ3) is 29.9. The molecule has 3 atom stereocenters. The van der Waals surface area contributed by atoms with Gasteiger partial charge in [-0.25, -0.2) is 0 Å². The molecule has 68 heavy (non-hydrogen) atoms. The molecule has 9 N–H and O–H groups in total. The van der Waals surface area contributed by atoms with Gasteiger partial charge < -0.3 is 42.0 Å². The Morgan fingerprint density at radius 2 is 0.809 bits per heavy atom. The van der Waals surface area contributed by atoms with E-state index < -0.39 is 16.6 Å². The molecule has 4 rings (SSSR count). The van der Waals surface area contributed by atoms with Crippen molar-refractivity contribution in [2.24, 2.45) is 17.2 Å². The minimum Gasteiger partial charge on any atom is -0.494 e. The van der Waals surface area contributed by atoms with Crippen molar-refractivity contribution in [3.8, 4) is 11.5 Å². The van der Waals surface area contributed by atoms with E-state index in [0.29, 0.717) is 6.42 Å². The molecule has 4 aromatic carbocycles. The summed E-state index contributed by atoms with van der Waals surface area (Å²) in [7, 11) is 0. The van der Waals surface area contributed by atoms with Crippen molar-refractivity contribution in [1.82, 2.24) is 0 Å². The second-order valence-electron chi connectivity index (χ2n) is 19.6. The molecule has 4 aromatic rings. The first kappa shape index (κ1) is 62.2. The van der Waals surface area contributed by atoms with Crippen LogP contribution < -0.4 is 26.7 Å². The predicted molar refractivity (Wildman–Crippen MR) is 287 cm³/mol.